The lowest BCUT2D eigenvalue weighted by Gasteiger charge is -2.27. The summed E-state index contributed by atoms with van der Waals surface area (Å²) in [6, 6.07) is 13.2. The normalized spacial score (nSPS) is 14.9. The first-order valence-corrected chi connectivity index (χ1v) is 9.80. The number of ether oxygens (including phenoxy) is 1. The first kappa shape index (κ1) is 19.0. The highest BCUT2D eigenvalue weighted by molar-refractivity contribution is 6.36. The van der Waals surface area contributed by atoms with Gasteiger partial charge in [0, 0.05) is 47.0 Å². The van der Waals surface area contributed by atoms with Crippen molar-refractivity contribution in [3.05, 3.63) is 64.3 Å². The van der Waals surface area contributed by atoms with Crippen LogP contribution in [0.5, 0.6) is 0 Å². The summed E-state index contributed by atoms with van der Waals surface area (Å²) in [5, 5.41) is 2.10. The SMILES string of the molecule is O=C(Cn1cc(C=Nc2ccc(Cl)cc2Cl)c2ccccc21)N1CCOCC1. The van der Waals surface area contributed by atoms with Crippen LogP contribution in [0, 0.1) is 0 Å². The van der Waals surface area contributed by atoms with E-state index in [2.05, 4.69) is 4.99 Å². The van der Waals surface area contributed by atoms with Crippen molar-refractivity contribution in [3.8, 4) is 0 Å². The van der Waals surface area contributed by atoms with Gasteiger partial charge in [0.15, 0.2) is 0 Å². The van der Waals surface area contributed by atoms with Crippen LogP contribution in [0.4, 0.5) is 5.69 Å². The Hall–Kier alpha value is -2.34. The molecule has 0 atom stereocenters. The molecular formula is C21H19Cl2N3O2. The van der Waals surface area contributed by atoms with Crippen LogP contribution in [-0.2, 0) is 16.1 Å². The van der Waals surface area contributed by atoms with Crippen LogP contribution in [-0.4, -0.2) is 47.9 Å². The Kier molecular flexibility index (Phi) is 5.67. The molecule has 5 nitrogen and oxygen atoms in total. The van der Waals surface area contributed by atoms with Crippen LogP contribution < -0.4 is 0 Å². The zero-order valence-electron chi connectivity index (χ0n) is 15.1. The van der Waals surface area contributed by atoms with Gasteiger partial charge in [-0.1, -0.05) is 41.4 Å². The number of fused-ring (bicyclic) bond motifs is 1. The lowest BCUT2D eigenvalue weighted by molar-refractivity contribution is -0.135. The molecule has 2 heterocycles. The number of para-hydroxylation sites is 1. The third kappa shape index (κ3) is 4.07. The van der Waals surface area contributed by atoms with Gasteiger partial charge in [0.2, 0.25) is 5.91 Å². The molecule has 0 aliphatic carbocycles. The van der Waals surface area contributed by atoms with Crippen LogP contribution in [0.1, 0.15) is 5.56 Å². The number of carbonyl (C=O) groups excluding carboxylic acids is 1. The van der Waals surface area contributed by atoms with Crippen LogP contribution in [0.15, 0.2) is 53.7 Å². The molecule has 3 aromatic rings. The number of morpholine rings is 1. The molecule has 0 N–H and O–H groups in total. The summed E-state index contributed by atoms with van der Waals surface area (Å²) in [6.07, 6.45) is 3.73. The second-order valence-electron chi connectivity index (χ2n) is 6.58. The molecule has 0 bridgehead atoms. The molecule has 0 radical (unpaired) electrons. The zero-order valence-corrected chi connectivity index (χ0v) is 16.7. The monoisotopic (exact) mass is 415 g/mol. The van der Waals surface area contributed by atoms with Crippen molar-refractivity contribution in [3.63, 3.8) is 0 Å². The third-order valence-electron chi connectivity index (χ3n) is 4.74. The summed E-state index contributed by atoms with van der Waals surface area (Å²) in [6.45, 7) is 2.76. The van der Waals surface area contributed by atoms with E-state index in [1.165, 1.54) is 0 Å². The van der Waals surface area contributed by atoms with E-state index in [1.807, 2.05) is 39.9 Å². The first-order valence-electron chi connectivity index (χ1n) is 9.04. The minimum atomic E-state index is 0.0910. The Morgan fingerprint density at radius 2 is 1.93 bits per heavy atom. The maximum Gasteiger partial charge on any atom is 0.242 e. The molecule has 1 fully saturated rings. The van der Waals surface area contributed by atoms with Crippen LogP contribution in [0.25, 0.3) is 10.9 Å². The Labute approximate surface area is 173 Å². The number of halogens is 2. The summed E-state index contributed by atoms with van der Waals surface area (Å²) < 4.78 is 7.30. The van der Waals surface area contributed by atoms with E-state index in [0.717, 1.165) is 16.5 Å². The second kappa shape index (κ2) is 8.35. The zero-order chi connectivity index (χ0) is 19.5. The van der Waals surface area contributed by atoms with Crippen molar-refractivity contribution >= 4 is 51.9 Å². The van der Waals surface area contributed by atoms with Gasteiger partial charge in [-0.3, -0.25) is 9.79 Å². The Balaban J connectivity index is 1.62. The summed E-state index contributed by atoms with van der Waals surface area (Å²) in [5.41, 5.74) is 2.57. The minimum absolute atomic E-state index is 0.0910. The topological polar surface area (TPSA) is 46.8 Å². The number of aliphatic imine (C=N–C) groups is 1. The van der Waals surface area contributed by atoms with Crippen molar-refractivity contribution in [1.82, 2.24) is 9.47 Å². The predicted octanol–water partition coefficient (Wildman–Crippen LogP) is 4.56. The lowest BCUT2D eigenvalue weighted by atomic mass is 10.2. The average molecular weight is 416 g/mol. The maximum atomic E-state index is 12.7. The number of benzene rings is 2. The molecule has 0 saturated carbocycles. The molecule has 0 spiro atoms. The van der Waals surface area contributed by atoms with Crippen molar-refractivity contribution in [1.29, 1.82) is 0 Å². The molecule has 28 heavy (non-hydrogen) atoms. The van der Waals surface area contributed by atoms with E-state index >= 15 is 0 Å². The van der Waals surface area contributed by atoms with E-state index < -0.39 is 0 Å². The van der Waals surface area contributed by atoms with Crippen LogP contribution >= 0.6 is 23.2 Å². The largest absolute Gasteiger partial charge is 0.378 e. The van der Waals surface area contributed by atoms with Gasteiger partial charge in [-0.05, 0) is 24.3 Å². The van der Waals surface area contributed by atoms with Gasteiger partial charge in [-0.25, -0.2) is 0 Å². The van der Waals surface area contributed by atoms with Crippen LogP contribution in [0.2, 0.25) is 10.0 Å². The number of rotatable bonds is 4. The minimum Gasteiger partial charge on any atom is -0.378 e. The smallest absolute Gasteiger partial charge is 0.242 e. The summed E-state index contributed by atoms with van der Waals surface area (Å²) >= 11 is 12.2. The fourth-order valence-corrected chi connectivity index (χ4v) is 3.75. The molecule has 7 heteroatoms. The maximum absolute atomic E-state index is 12.7. The molecule has 1 aromatic heterocycles. The number of hydrogen-bond donors (Lipinski definition) is 0. The van der Waals surface area contributed by atoms with E-state index in [-0.39, 0.29) is 12.5 Å². The number of aromatic nitrogens is 1. The summed E-state index contributed by atoms with van der Waals surface area (Å²) in [7, 11) is 0. The molecule has 144 valence electrons. The third-order valence-corrected chi connectivity index (χ3v) is 5.28. The second-order valence-corrected chi connectivity index (χ2v) is 7.42. The van der Waals surface area contributed by atoms with Gasteiger partial charge in [0.25, 0.3) is 0 Å². The Morgan fingerprint density at radius 1 is 1.14 bits per heavy atom. The highest BCUT2D eigenvalue weighted by Crippen LogP contribution is 2.28. The Bertz CT molecular complexity index is 1040. The van der Waals surface area contributed by atoms with Crippen molar-refractivity contribution in [2.75, 3.05) is 26.3 Å². The van der Waals surface area contributed by atoms with Gasteiger partial charge < -0.3 is 14.2 Å². The Morgan fingerprint density at radius 3 is 2.71 bits per heavy atom. The van der Waals surface area contributed by atoms with E-state index in [4.69, 9.17) is 27.9 Å². The van der Waals surface area contributed by atoms with Gasteiger partial charge in [0.1, 0.15) is 6.54 Å². The quantitative estimate of drug-likeness (QED) is 0.586. The molecule has 1 aliphatic heterocycles. The molecule has 2 aromatic carbocycles. The highest BCUT2D eigenvalue weighted by atomic mass is 35.5. The van der Waals surface area contributed by atoms with Gasteiger partial charge >= 0.3 is 0 Å². The molecule has 0 unspecified atom stereocenters. The number of hydrogen-bond acceptors (Lipinski definition) is 3. The molecule has 1 aliphatic rings. The average Bonchev–Trinajstić information content (AvgIpc) is 3.06. The van der Waals surface area contributed by atoms with Crippen LogP contribution in [0.3, 0.4) is 0 Å². The van der Waals surface area contributed by atoms with E-state index in [1.54, 1.807) is 24.4 Å². The number of amides is 1. The fourth-order valence-electron chi connectivity index (χ4n) is 3.29. The highest BCUT2D eigenvalue weighted by Gasteiger charge is 2.18. The van der Waals surface area contributed by atoms with E-state index in [9.17, 15) is 4.79 Å². The fraction of sp³-hybridized carbons (Fsp3) is 0.238. The molecule has 1 amide bonds. The molecular weight excluding hydrogens is 397 g/mol. The number of carbonyl (C=O) groups is 1. The number of nitrogens with zero attached hydrogens (tertiary/aromatic N) is 3. The lowest BCUT2D eigenvalue weighted by Crippen LogP contribution is -2.42. The van der Waals surface area contributed by atoms with Gasteiger partial charge in [0.05, 0.1) is 23.9 Å². The molecule has 1 saturated heterocycles. The van der Waals surface area contributed by atoms with Crippen molar-refractivity contribution in [2.45, 2.75) is 6.54 Å². The predicted molar refractivity (Wildman–Crippen MR) is 113 cm³/mol. The van der Waals surface area contributed by atoms with Gasteiger partial charge in [-0.15, -0.1) is 0 Å². The van der Waals surface area contributed by atoms with E-state index in [0.29, 0.717) is 42.0 Å². The summed E-state index contributed by atoms with van der Waals surface area (Å²) in [4.78, 5) is 19.0. The standard InChI is InChI=1S/C21H19Cl2N3O2/c22-16-5-6-19(18(23)11-16)24-12-15-13-26(20-4-2-1-3-17(15)20)14-21(27)25-7-9-28-10-8-25/h1-6,11-13H,7-10,14H2. The van der Waals surface area contributed by atoms with Crippen molar-refractivity contribution < 1.29 is 9.53 Å². The summed E-state index contributed by atoms with van der Waals surface area (Å²) in [5.74, 6) is 0.0910. The first-order chi connectivity index (χ1) is 13.6. The van der Waals surface area contributed by atoms with Crippen molar-refractivity contribution in [2.24, 2.45) is 4.99 Å². The molecule has 4 rings (SSSR count). The van der Waals surface area contributed by atoms with Gasteiger partial charge in [-0.2, -0.15) is 0 Å².